The number of fused-ring (bicyclic) bond motifs is 1. The normalized spacial score (nSPS) is 38.2. The Morgan fingerprint density at radius 3 is 3.22 bits per heavy atom. The van der Waals surface area contributed by atoms with Crippen molar-refractivity contribution in [3.8, 4) is 0 Å². The lowest BCUT2D eigenvalue weighted by Gasteiger charge is -2.20. The van der Waals surface area contributed by atoms with E-state index in [0.717, 1.165) is 18.4 Å². The molecule has 0 saturated heterocycles. The van der Waals surface area contributed by atoms with Crippen molar-refractivity contribution in [1.29, 1.82) is 0 Å². The number of nitrogens with one attached hydrogen (secondary N) is 1. The van der Waals surface area contributed by atoms with E-state index in [2.05, 4.69) is 29.7 Å². The van der Waals surface area contributed by atoms with Gasteiger partial charge in [-0.15, -0.1) is 0 Å². The summed E-state index contributed by atoms with van der Waals surface area (Å²) >= 11 is 0. The monoisotopic (exact) mass is 121 g/mol. The van der Waals surface area contributed by atoms with E-state index in [4.69, 9.17) is 0 Å². The zero-order chi connectivity index (χ0) is 6.10. The molecule has 0 radical (unpaired) electrons. The van der Waals surface area contributed by atoms with E-state index < -0.39 is 0 Å². The van der Waals surface area contributed by atoms with E-state index in [1.54, 1.807) is 0 Å². The van der Waals surface area contributed by atoms with E-state index in [1.165, 1.54) is 6.42 Å². The first-order valence-corrected chi connectivity index (χ1v) is 3.53. The minimum absolute atomic E-state index is 0.742. The van der Waals surface area contributed by atoms with Gasteiger partial charge in [-0.2, -0.15) is 0 Å². The van der Waals surface area contributed by atoms with Crippen molar-refractivity contribution < 1.29 is 0 Å². The molecule has 2 rings (SSSR count). The maximum Gasteiger partial charge on any atom is 0.0181 e. The lowest BCUT2D eigenvalue weighted by Crippen LogP contribution is -2.25. The first-order chi connectivity index (χ1) is 4.47. The second kappa shape index (κ2) is 1.90. The van der Waals surface area contributed by atoms with Gasteiger partial charge in [-0.25, -0.2) is 0 Å². The lowest BCUT2D eigenvalue weighted by molar-refractivity contribution is 0.451. The van der Waals surface area contributed by atoms with Gasteiger partial charge in [0, 0.05) is 12.5 Å². The summed E-state index contributed by atoms with van der Waals surface area (Å²) in [5.74, 6) is 1.60. The summed E-state index contributed by atoms with van der Waals surface area (Å²) in [5, 5.41) is 3.24. The van der Waals surface area contributed by atoms with Crippen LogP contribution < -0.4 is 5.32 Å². The molecule has 1 aliphatic carbocycles. The maximum atomic E-state index is 3.24. The summed E-state index contributed by atoms with van der Waals surface area (Å²) in [5.41, 5.74) is 0. The Hall–Kier alpha value is -0.720. The van der Waals surface area contributed by atoms with Crippen LogP contribution in [0.25, 0.3) is 0 Å². The van der Waals surface area contributed by atoms with Crippen molar-refractivity contribution in [3.05, 3.63) is 24.4 Å². The summed E-state index contributed by atoms with van der Waals surface area (Å²) in [6.45, 7) is 1.16. The highest BCUT2D eigenvalue weighted by molar-refractivity contribution is 5.12. The Morgan fingerprint density at radius 1 is 1.33 bits per heavy atom. The molecule has 2 unspecified atom stereocenters. The molecule has 2 atom stereocenters. The molecule has 1 N–H and O–H groups in total. The fourth-order valence-corrected chi connectivity index (χ4v) is 1.56. The van der Waals surface area contributed by atoms with Gasteiger partial charge in [0.15, 0.2) is 0 Å². The molecule has 48 valence electrons. The van der Waals surface area contributed by atoms with Crippen molar-refractivity contribution in [2.75, 3.05) is 6.54 Å². The average molecular weight is 121 g/mol. The zero-order valence-corrected chi connectivity index (χ0v) is 5.38. The SMILES string of the molecule is C1=CC2C=CNCC2C1. The summed E-state index contributed by atoms with van der Waals surface area (Å²) < 4.78 is 0. The largest absolute Gasteiger partial charge is 0.391 e. The predicted molar refractivity (Wildman–Crippen MR) is 37.9 cm³/mol. The summed E-state index contributed by atoms with van der Waals surface area (Å²) in [4.78, 5) is 0. The third kappa shape index (κ3) is 0.766. The molecule has 0 aromatic heterocycles. The van der Waals surface area contributed by atoms with Gasteiger partial charge in [-0.05, 0) is 18.5 Å². The molecular formula is C8H11N. The van der Waals surface area contributed by atoms with Crippen LogP contribution in [0.2, 0.25) is 0 Å². The smallest absolute Gasteiger partial charge is 0.0181 e. The molecule has 2 aliphatic rings. The highest BCUT2D eigenvalue weighted by Gasteiger charge is 2.21. The van der Waals surface area contributed by atoms with Crippen LogP contribution in [0.4, 0.5) is 0 Å². The van der Waals surface area contributed by atoms with Crippen molar-refractivity contribution in [1.82, 2.24) is 5.32 Å². The van der Waals surface area contributed by atoms with Crippen LogP contribution in [0.5, 0.6) is 0 Å². The Bertz CT molecular complexity index is 158. The van der Waals surface area contributed by atoms with Gasteiger partial charge in [0.2, 0.25) is 0 Å². The number of allylic oxidation sites excluding steroid dienone is 3. The van der Waals surface area contributed by atoms with Gasteiger partial charge in [-0.3, -0.25) is 0 Å². The van der Waals surface area contributed by atoms with Crippen molar-refractivity contribution >= 4 is 0 Å². The third-order valence-corrected chi connectivity index (χ3v) is 2.16. The van der Waals surface area contributed by atoms with Crippen LogP contribution in [-0.4, -0.2) is 6.54 Å². The van der Waals surface area contributed by atoms with Gasteiger partial charge in [0.25, 0.3) is 0 Å². The topological polar surface area (TPSA) is 12.0 Å². The molecule has 1 heteroatoms. The minimum Gasteiger partial charge on any atom is -0.391 e. The molecule has 1 heterocycles. The molecular weight excluding hydrogens is 110 g/mol. The quantitative estimate of drug-likeness (QED) is 0.476. The highest BCUT2D eigenvalue weighted by Crippen LogP contribution is 2.27. The third-order valence-electron chi connectivity index (χ3n) is 2.16. The van der Waals surface area contributed by atoms with Gasteiger partial charge in [0.05, 0.1) is 0 Å². The van der Waals surface area contributed by atoms with Gasteiger partial charge in [-0.1, -0.05) is 18.2 Å². The highest BCUT2D eigenvalue weighted by atomic mass is 14.8. The summed E-state index contributed by atoms with van der Waals surface area (Å²) in [6, 6.07) is 0. The van der Waals surface area contributed by atoms with Gasteiger partial charge >= 0.3 is 0 Å². The predicted octanol–water partition coefficient (Wildman–Crippen LogP) is 1.30. The number of hydrogen-bond donors (Lipinski definition) is 1. The Labute approximate surface area is 55.5 Å². The first-order valence-electron chi connectivity index (χ1n) is 3.53. The molecule has 0 amide bonds. The van der Waals surface area contributed by atoms with Crippen LogP contribution in [0.15, 0.2) is 24.4 Å². The second-order valence-corrected chi connectivity index (χ2v) is 2.77. The molecule has 0 bridgehead atoms. The van der Waals surface area contributed by atoms with Gasteiger partial charge in [0.1, 0.15) is 0 Å². The van der Waals surface area contributed by atoms with E-state index in [9.17, 15) is 0 Å². The summed E-state index contributed by atoms with van der Waals surface area (Å²) in [7, 11) is 0. The Kier molecular flexibility index (Phi) is 1.08. The molecule has 0 aromatic carbocycles. The number of hydrogen-bond acceptors (Lipinski definition) is 1. The fourth-order valence-electron chi connectivity index (χ4n) is 1.56. The molecule has 0 fully saturated rings. The van der Waals surface area contributed by atoms with Crippen molar-refractivity contribution in [2.24, 2.45) is 11.8 Å². The van der Waals surface area contributed by atoms with E-state index in [1.807, 2.05) is 0 Å². The first kappa shape index (κ1) is 5.10. The zero-order valence-electron chi connectivity index (χ0n) is 5.38. The molecule has 0 spiro atoms. The molecule has 1 aliphatic heterocycles. The standard InChI is InChI=1S/C8H11N/c1-2-7-4-5-9-6-8(7)3-1/h1-2,4-5,7-9H,3,6H2. The lowest BCUT2D eigenvalue weighted by atomic mass is 9.94. The van der Waals surface area contributed by atoms with Crippen molar-refractivity contribution in [2.45, 2.75) is 6.42 Å². The van der Waals surface area contributed by atoms with Crippen LogP contribution >= 0.6 is 0 Å². The summed E-state index contributed by atoms with van der Waals surface area (Å²) in [6.07, 6.45) is 10.2. The molecule has 0 aromatic rings. The van der Waals surface area contributed by atoms with Crippen LogP contribution in [0.1, 0.15) is 6.42 Å². The van der Waals surface area contributed by atoms with Crippen LogP contribution in [-0.2, 0) is 0 Å². The average Bonchev–Trinajstić information content (AvgIpc) is 2.33. The minimum atomic E-state index is 0.742. The molecule has 9 heavy (non-hydrogen) atoms. The van der Waals surface area contributed by atoms with Crippen LogP contribution in [0, 0.1) is 11.8 Å². The maximum absolute atomic E-state index is 3.24. The van der Waals surface area contributed by atoms with Crippen LogP contribution in [0.3, 0.4) is 0 Å². The van der Waals surface area contributed by atoms with E-state index >= 15 is 0 Å². The van der Waals surface area contributed by atoms with E-state index in [-0.39, 0.29) is 0 Å². The molecule has 0 saturated carbocycles. The Morgan fingerprint density at radius 2 is 2.33 bits per heavy atom. The van der Waals surface area contributed by atoms with E-state index in [0.29, 0.717) is 0 Å². The van der Waals surface area contributed by atoms with Crippen molar-refractivity contribution in [3.63, 3.8) is 0 Å². The fraction of sp³-hybridized carbons (Fsp3) is 0.500. The van der Waals surface area contributed by atoms with Gasteiger partial charge < -0.3 is 5.32 Å². The second-order valence-electron chi connectivity index (χ2n) is 2.77. The number of rotatable bonds is 0. The molecule has 1 nitrogen and oxygen atoms in total. The Balaban J connectivity index is 2.17.